The Labute approximate surface area is 129 Å². The Morgan fingerprint density at radius 3 is 2.45 bits per heavy atom. The lowest BCUT2D eigenvalue weighted by Gasteiger charge is -2.07. The molecule has 1 aromatic rings. The molecule has 0 bridgehead atoms. The van der Waals surface area contributed by atoms with Crippen LogP contribution < -0.4 is 10.6 Å². The zero-order chi connectivity index (χ0) is 14.4. The largest absolute Gasteiger partial charge is 0.462 e. The maximum absolute atomic E-state index is 12.0. The third-order valence-electron chi connectivity index (χ3n) is 2.63. The van der Waals surface area contributed by atoms with Crippen LogP contribution in [-0.2, 0) is 16.0 Å². The van der Waals surface area contributed by atoms with Crippen LogP contribution in [0.5, 0.6) is 0 Å². The van der Waals surface area contributed by atoms with E-state index in [2.05, 4.69) is 10.6 Å². The number of nitrogens with one attached hydrogen (secondary N) is 2. The molecule has 2 N–H and O–H groups in total. The highest BCUT2D eigenvalue weighted by atomic mass is 35.5. The van der Waals surface area contributed by atoms with Gasteiger partial charge in [-0.25, -0.2) is 4.79 Å². The van der Waals surface area contributed by atoms with E-state index in [0.29, 0.717) is 17.2 Å². The van der Waals surface area contributed by atoms with Gasteiger partial charge in [0.25, 0.3) is 0 Å². The molecule has 7 heteroatoms. The Balaban J connectivity index is 0.00000361. The molecule has 0 aliphatic heterocycles. The van der Waals surface area contributed by atoms with Crippen LogP contribution in [0.15, 0.2) is 0 Å². The maximum Gasteiger partial charge on any atom is 0.341 e. The summed E-state index contributed by atoms with van der Waals surface area (Å²) in [6.45, 7) is 6.22. The van der Waals surface area contributed by atoms with Crippen LogP contribution in [-0.4, -0.2) is 32.1 Å². The first-order valence-electron chi connectivity index (χ1n) is 6.28. The molecule has 0 aliphatic rings. The predicted octanol–water partition coefficient (Wildman–Crippen LogP) is 2.38. The van der Waals surface area contributed by atoms with Gasteiger partial charge in [-0.2, -0.15) is 0 Å². The number of aryl methyl sites for hydroxylation is 1. The first-order valence-corrected chi connectivity index (χ1v) is 7.10. The van der Waals surface area contributed by atoms with Crippen molar-refractivity contribution in [1.82, 2.24) is 5.32 Å². The summed E-state index contributed by atoms with van der Waals surface area (Å²) in [5, 5.41) is 6.11. The van der Waals surface area contributed by atoms with Crippen LogP contribution in [0.1, 0.15) is 34.6 Å². The zero-order valence-electron chi connectivity index (χ0n) is 12.2. The highest BCUT2D eigenvalue weighted by Crippen LogP contribution is 2.33. The number of hydrogen-bond donors (Lipinski definition) is 2. The second-order valence-electron chi connectivity index (χ2n) is 3.99. The van der Waals surface area contributed by atoms with Gasteiger partial charge in [-0.15, -0.1) is 23.7 Å². The number of thiophene rings is 1. The molecule has 0 saturated heterocycles. The molecule has 0 atom stereocenters. The highest BCUT2D eigenvalue weighted by Gasteiger charge is 2.23. The van der Waals surface area contributed by atoms with Crippen molar-refractivity contribution in [1.29, 1.82) is 0 Å². The van der Waals surface area contributed by atoms with Crippen LogP contribution >= 0.6 is 23.7 Å². The van der Waals surface area contributed by atoms with E-state index in [1.165, 1.54) is 11.3 Å². The predicted molar refractivity (Wildman–Crippen MR) is 84.2 cm³/mol. The molecule has 1 aromatic heterocycles. The average molecular weight is 321 g/mol. The summed E-state index contributed by atoms with van der Waals surface area (Å²) in [5.74, 6) is -0.541. The van der Waals surface area contributed by atoms with Gasteiger partial charge < -0.3 is 15.4 Å². The van der Waals surface area contributed by atoms with Gasteiger partial charge in [-0.1, -0.05) is 6.92 Å². The van der Waals surface area contributed by atoms with E-state index in [1.54, 1.807) is 14.0 Å². The first-order chi connectivity index (χ1) is 9.04. The molecule has 5 nitrogen and oxygen atoms in total. The number of amides is 1. The number of hydrogen-bond acceptors (Lipinski definition) is 5. The second-order valence-corrected chi connectivity index (χ2v) is 5.22. The van der Waals surface area contributed by atoms with Gasteiger partial charge in [-0.05, 0) is 32.9 Å². The number of esters is 1. The fourth-order valence-electron chi connectivity index (χ4n) is 1.84. The van der Waals surface area contributed by atoms with E-state index in [0.717, 1.165) is 16.9 Å². The Morgan fingerprint density at radius 2 is 1.95 bits per heavy atom. The van der Waals surface area contributed by atoms with Crippen LogP contribution in [0.4, 0.5) is 5.00 Å². The molecular weight excluding hydrogens is 300 g/mol. The summed E-state index contributed by atoms with van der Waals surface area (Å²) in [6.07, 6.45) is 0.735. The second kappa shape index (κ2) is 8.94. The molecule has 20 heavy (non-hydrogen) atoms. The van der Waals surface area contributed by atoms with Crippen molar-refractivity contribution in [2.45, 2.75) is 27.2 Å². The van der Waals surface area contributed by atoms with Crippen molar-refractivity contribution >= 4 is 40.6 Å². The van der Waals surface area contributed by atoms with Crippen molar-refractivity contribution in [2.24, 2.45) is 0 Å². The molecular formula is C13H21ClN2O3S. The van der Waals surface area contributed by atoms with E-state index in [-0.39, 0.29) is 30.8 Å². The minimum absolute atomic E-state index is 0. The quantitative estimate of drug-likeness (QED) is 0.790. The van der Waals surface area contributed by atoms with E-state index in [1.807, 2.05) is 13.8 Å². The number of anilines is 1. The molecule has 0 saturated carbocycles. The van der Waals surface area contributed by atoms with E-state index >= 15 is 0 Å². The molecule has 0 radical (unpaired) electrons. The normalized spacial score (nSPS) is 9.80. The lowest BCUT2D eigenvalue weighted by Crippen LogP contribution is -2.25. The molecule has 0 aliphatic carbocycles. The summed E-state index contributed by atoms with van der Waals surface area (Å²) in [6, 6.07) is 0. The molecule has 1 rings (SSSR count). The number of likely N-dealkylation sites (N-methyl/N-ethyl adjacent to an activating group) is 1. The topological polar surface area (TPSA) is 67.4 Å². The highest BCUT2D eigenvalue weighted by molar-refractivity contribution is 7.16. The lowest BCUT2D eigenvalue weighted by molar-refractivity contribution is -0.115. The average Bonchev–Trinajstić information content (AvgIpc) is 2.65. The van der Waals surface area contributed by atoms with Crippen molar-refractivity contribution in [3.8, 4) is 0 Å². The molecule has 114 valence electrons. The van der Waals surface area contributed by atoms with Gasteiger partial charge >= 0.3 is 5.97 Å². The third kappa shape index (κ3) is 4.47. The number of rotatable bonds is 6. The summed E-state index contributed by atoms with van der Waals surface area (Å²) >= 11 is 1.41. The van der Waals surface area contributed by atoms with Gasteiger partial charge in [0.2, 0.25) is 5.91 Å². The van der Waals surface area contributed by atoms with E-state index in [4.69, 9.17) is 4.74 Å². The van der Waals surface area contributed by atoms with Crippen molar-refractivity contribution in [3.63, 3.8) is 0 Å². The fourth-order valence-corrected chi connectivity index (χ4v) is 2.99. The van der Waals surface area contributed by atoms with Gasteiger partial charge in [0.1, 0.15) is 5.00 Å². The number of ether oxygens (including phenoxy) is 1. The smallest absolute Gasteiger partial charge is 0.341 e. The fraction of sp³-hybridized carbons (Fsp3) is 0.538. The van der Waals surface area contributed by atoms with Crippen molar-refractivity contribution in [3.05, 3.63) is 16.0 Å². The van der Waals surface area contributed by atoms with E-state index < -0.39 is 0 Å². The summed E-state index contributed by atoms with van der Waals surface area (Å²) in [7, 11) is 1.70. The van der Waals surface area contributed by atoms with Gasteiger partial charge in [0.05, 0.1) is 18.7 Å². The lowest BCUT2D eigenvalue weighted by atomic mass is 10.1. The Morgan fingerprint density at radius 1 is 1.30 bits per heavy atom. The molecule has 1 amide bonds. The molecule has 0 aromatic carbocycles. The minimum atomic E-state index is -0.372. The Bertz CT molecular complexity index is 474. The summed E-state index contributed by atoms with van der Waals surface area (Å²) in [4.78, 5) is 24.7. The van der Waals surface area contributed by atoms with Crippen LogP contribution in [0.25, 0.3) is 0 Å². The maximum atomic E-state index is 12.0. The van der Waals surface area contributed by atoms with Crippen LogP contribution in [0.3, 0.4) is 0 Å². The Kier molecular flexibility index (Phi) is 8.45. The number of halogens is 1. The number of carbonyl (C=O) groups is 2. The summed E-state index contributed by atoms with van der Waals surface area (Å²) < 4.78 is 5.07. The molecule has 1 heterocycles. The SMILES string of the molecule is CCOC(=O)c1c(NC(=O)CNC)sc(C)c1CC.Cl. The zero-order valence-corrected chi connectivity index (χ0v) is 13.8. The minimum Gasteiger partial charge on any atom is -0.462 e. The summed E-state index contributed by atoms with van der Waals surface area (Å²) in [5.41, 5.74) is 1.44. The van der Waals surface area contributed by atoms with Crippen molar-refractivity contribution < 1.29 is 14.3 Å². The van der Waals surface area contributed by atoms with Gasteiger partial charge in [-0.3, -0.25) is 4.79 Å². The Hall–Kier alpha value is -1.11. The standard InChI is InChI=1S/C13H20N2O3S.ClH/c1-5-9-8(3)19-12(15-10(16)7-14-4)11(9)13(17)18-6-2;/h14H,5-7H2,1-4H3,(H,15,16);1H. The van der Waals surface area contributed by atoms with Crippen LogP contribution in [0, 0.1) is 6.92 Å². The van der Waals surface area contributed by atoms with Crippen LogP contribution in [0.2, 0.25) is 0 Å². The molecule has 0 fully saturated rings. The van der Waals surface area contributed by atoms with Gasteiger partial charge in [0, 0.05) is 4.88 Å². The van der Waals surface area contributed by atoms with E-state index in [9.17, 15) is 9.59 Å². The number of carbonyl (C=O) groups excluding carboxylic acids is 2. The first kappa shape index (κ1) is 18.9. The third-order valence-corrected chi connectivity index (χ3v) is 3.70. The molecule has 0 unspecified atom stereocenters. The monoisotopic (exact) mass is 320 g/mol. The molecule has 0 spiro atoms. The van der Waals surface area contributed by atoms with Crippen molar-refractivity contribution in [2.75, 3.05) is 25.5 Å². The van der Waals surface area contributed by atoms with Gasteiger partial charge in [0.15, 0.2) is 0 Å².